The van der Waals surface area contributed by atoms with Crippen molar-refractivity contribution >= 4 is 29.0 Å². The monoisotopic (exact) mass is 206 g/mol. The minimum Gasteiger partial charge on any atom is -0.393 e. The average molecular weight is 206 g/mol. The van der Waals surface area contributed by atoms with Gasteiger partial charge in [-0.15, -0.1) is 0 Å². The normalized spacial score (nSPS) is 10.6. The van der Waals surface area contributed by atoms with Crippen molar-refractivity contribution in [1.29, 1.82) is 0 Å². The van der Waals surface area contributed by atoms with E-state index in [0.717, 1.165) is 25.9 Å². The predicted octanol–water partition coefficient (Wildman–Crippen LogP) is 1.35. The Hall–Kier alpha value is 0.200. The molecule has 0 radical (unpaired) electrons. The molecule has 12 heavy (non-hydrogen) atoms. The molecule has 0 fully saturated rings. The molecular formula is C8H18N2S2. The van der Waals surface area contributed by atoms with Crippen LogP contribution in [-0.4, -0.2) is 42.0 Å². The first-order valence-electron chi connectivity index (χ1n) is 4.12. The van der Waals surface area contributed by atoms with Crippen LogP contribution in [-0.2, 0) is 0 Å². The van der Waals surface area contributed by atoms with Gasteiger partial charge in [-0.25, -0.2) is 0 Å². The summed E-state index contributed by atoms with van der Waals surface area (Å²) >= 11 is 6.67. The molecule has 0 aliphatic heterocycles. The van der Waals surface area contributed by atoms with E-state index < -0.39 is 0 Å². The lowest BCUT2D eigenvalue weighted by molar-refractivity contribution is 0.353. The highest BCUT2D eigenvalue weighted by Crippen LogP contribution is 1.96. The molecule has 0 bridgehead atoms. The van der Waals surface area contributed by atoms with Gasteiger partial charge in [-0.3, -0.25) is 0 Å². The average Bonchev–Trinajstić information content (AvgIpc) is 2.00. The molecule has 0 unspecified atom stereocenters. The van der Waals surface area contributed by atoms with Crippen molar-refractivity contribution in [2.24, 2.45) is 5.73 Å². The second-order valence-electron chi connectivity index (χ2n) is 2.87. The lowest BCUT2D eigenvalue weighted by Gasteiger charge is -2.14. The Kier molecular flexibility index (Phi) is 7.96. The highest BCUT2D eigenvalue weighted by molar-refractivity contribution is 7.98. The number of thiocarbonyl (C=S) groups is 1. The van der Waals surface area contributed by atoms with Crippen molar-refractivity contribution in [3.05, 3.63) is 0 Å². The lowest BCUT2D eigenvalue weighted by atomic mass is 10.3. The van der Waals surface area contributed by atoms with Gasteiger partial charge in [-0.1, -0.05) is 12.2 Å². The van der Waals surface area contributed by atoms with Gasteiger partial charge < -0.3 is 10.6 Å². The Morgan fingerprint density at radius 3 is 2.67 bits per heavy atom. The van der Waals surface area contributed by atoms with Gasteiger partial charge in [0.25, 0.3) is 0 Å². The molecule has 4 heteroatoms. The van der Waals surface area contributed by atoms with Crippen LogP contribution in [0.4, 0.5) is 0 Å². The second-order valence-corrected chi connectivity index (χ2v) is 4.38. The van der Waals surface area contributed by atoms with Gasteiger partial charge in [-0.2, -0.15) is 11.8 Å². The highest BCUT2D eigenvalue weighted by atomic mass is 32.2. The third kappa shape index (κ3) is 8.30. The lowest BCUT2D eigenvalue weighted by Crippen LogP contribution is -2.23. The van der Waals surface area contributed by atoms with Crippen LogP contribution in [0.3, 0.4) is 0 Å². The van der Waals surface area contributed by atoms with Crippen molar-refractivity contribution in [3.63, 3.8) is 0 Å². The highest BCUT2D eigenvalue weighted by Gasteiger charge is 1.97. The number of hydrogen-bond donors (Lipinski definition) is 1. The number of nitrogens with two attached hydrogens (primary N) is 1. The van der Waals surface area contributed by atoms with Crippen LogP contribution >= 0.6 is 24.0 Å². The molecule has 2 N–H and O–H groups in total. The zero-order valence-electron chi connectivity index (χ0n) is 7.88. The molecule has 0 saturated heterocycles. The van der Waals surface area contributed by atoms with Gasteiger partial charge >= 0.3 is 0 Å². The minimum absolute atomic E-state index is 0.633. The van der Waals surface area contributed by atoms with Gasteiger partial charge in [0.15, 0.2) is 0 Å². The molecule has 0 aromatic carbocycles. The summed E-state index contributed by atoms with van der Waals surface area (Å²) in [6, 6.07) is 0. The third-order valence-electron chi connectivity index (χ3n) is 1.64. The molecule has 0 heterocycles. The summed E-state index contributed by atoms with van der Waals surface area (Å²) in [6.45, 7) is 2.25. The first-order valence-corrected chi connectivity index (χ1v) is 5.93. The van der Waals surface area contributed by atoms with E-state index in [2.05, 4.69) is 18.2 Å². The summed E-state index contributed by atoms with van der Waals surface area (Å²) in [5, 5.41) is 0. The zero-order chi connectivity index (χ0) is 9.40. The number of nitrogens with zero attached hydrogens (tertiary/aromatic N) is 1. The van der Waals surface area contributed by atoms with Gasteiger partial charge in [0.1, 0.15) is 0 Å². The largest absolute Gasteiger partial charge is 0.393 e. The van der Waals surface area contributed by atoms with Crippen LogP contribution in [0.2, 0.25) is 0 Å². The molecule has 2 nitrogen and oxygen atoms in total. The summed E-state index contributed by atoms with van der Waals surface area (Å²) in [4.78, 5) is 2.95. The number of thioether (sulfide) groups is 1. The minimum atomic E-state index is 0.633. The molecule has 0 atom stereocenters. The van der Waals surface area contributed by atoms with Crippen LogP contribution in [0.15, 0.2) is 0 Å². The number of rotatable bonds is 7. The van der Waals surface area contributed by atoms with Crippen molar-refractivity contribution < 1.29 is 0 Å². The van der Waals surface area contributed by atoms with E-state index in [9.17, 15) is 0 Å². The predicted molar refractivity (Wildman–Crippen MR) is 61.9 cm³/mol. The van der Waals surface area contributed by atoms with E-state index in [1.807, 2.05) is 11.8 Å². The van der Waals surface area contributed by atoms with Crippen LogP contribution in [0.5, 0.6) is 0 Å². The summed E-state index contributed by atoms with van der Waals surface area (Å²) in [5.41, 5.74) is 5.39. The van der Waals surface area contributed by atoms with Crippen LogP contribution in [0.25, 0.3) is 0 Å². The topological polar surface area (TPSA) is 29.3 Å². The molecule has 0 spiro atoms. The second kappa shape index (κ2) is 7.83. The van der Waals surface area contributed by atoms with Crippen LogP contribution in [0.1, 0.15) is 12.8 Å². The summed E-state index contributed by atoms with van der Waals surface area (Å²) in [6.07, 6.45) is 4.09. The standard InChI is InChI=1S/C8H18N2S2/c1-10(6-7-12-2)5-3-4-8(9)11/h3-7H2,1-2H3,(H2,9,11). The maximum atomic E-state index is 5.39. The SMILES string of the molecule is CSCCN(C)CCCC(N)=S. The maximum absolute atomic E-state index is 5.39. The van der Waals surface area contributed by atoms with E-state index in [0.29, 0.717) is 4.99 Å². The summed E-state index contributed by atoms with van der Waals surface area (Å²) in [5.74, 6) is 1.20. The van der Waals surface area contributed by atoms with Crippen LogP contribution < -0.4 is 5.73 Å². The van der Waals surface area contributed by atoms with E-state index >= 15 is 0 Å². The van der Waals surface area contributed by atoms with E-state index in [1.54, 1.807) is 0 Å². The van der Waals surface area contributed by atoms with Gasteiger partial charge in [0, 0.05) is 12.3 Å². The maximum Gasteiger partial charge on any atom is 0.0727 e. The van der Waals surface area contributed by atoms with E-state index in [-0.39, 0.29) is 0 Å². The summed E-state index contributed by atoms with van der Waals surface area (Å²) < 4.78 is 0. The molecule has 72 valence electrons. The Labute approximate surface area is 84.9 Å². The first kappa shape index (κ1) is 12.2. The third-order valence-corrected chi connectivity index (χ3v) is 2.44. The van der Waals surface area contributed by atoms with Gasteiger partial charge in [0.05, 0.1) is 4.99 Å². The fourth-order valence-corrected chi connectivity index (χ4v) is 1.52. The smallest absolute Gasteiger partial charge is 0.0727 e. The molecule has 0 aromatic rings. The van der Waals surface area contributed by atoms with Crippen molar-refractivity contribution in [2.45, 2.75) is 12.8 Å². The van der Waals surface area contributed by atoms with Crippen molar-refractivity contribution in [2.75, 3.05) is 32.1 Å². The summed E-state index contributed by atoms with van der Waals surface area (Å²) in [7, 11) is 2.13. The molecule has 0 saturated carbocycles. The fraction of sp³-hybridized carbons (Fsp3) is 0.875. The van der Waals surface area contributed by atoms with E-state index in [4.69, 9.17) is 18.0 Å². The Bertz CT molecular complexity index is 128. The number of hydrogen-bond acceptors (Lipinski definition) is 3. The van der Waals surface area contributed by atoms with Gasteiger partial charge in [0.2, 0.25) is 0 Å². The molecule has 0 aromatic heterocycles. The molecule has 0 amide bonds. The Morgan fingerprint density at radius 2 is 2.17 bits per heavy atom. The van der Waals surface area contributed by atoms with Crippen molar-refractivity contribution in [3.8, 4) is 0 Å². The Balaban J connectivity index is 3.19. The quantitative estimate of drug-likeness (QED) is 0.637. The van der Waals surface area contributed by atoms with Crippen LogP contribution in [0, 0.1) is 0 Å². The fourth-order valence-electron chi connectivity index (χ4n) is 0.882. The molecule has 0 rings (SSSR count). The molecule has 0 aliphatic carbocycles. The van der Waals surface area contributed by atoms with E-state index in [1.165, 1.54) is 5.75 Å². The van der Waals surface area contributed by atoms with Gasteiger partial charge in [-0.05, 0) is 32.7 Å². The molecular weight excluding hydrogens is 188 g/mol. The Morgan fingerprint density at radius 1 is 1.50 bits per heavy atom. The van der Waals surface area contributed by atoms with Crippen molar-refractivity contribution in [1.82, 2.24) is 4.90 Å². The molecule has 0 aliphatic rings. The first-order chi connectivity index (χ1) is 5.66. The zero-order valence-corrected chi connectivity index (χ0v) is 9.51.